The van der Waals surface area contributed by atoms with Crippen molar-refractivity contribution in [1.29, 1.82) is 0 Å². The van der Waals surface area contributed by atoms with E-state index < -0.39 is 0 Å². The Morgan fingerprint density at radius 1 is 0.773 bits per heavy atom. The number of aromatic nitrogens is 1. The van der Waals surface area contributed by atoms with Crippen molar-refractivity contribution in [3.05, 3.63) is 48.0 Å². The molecule has 0 saturated carbocycles. The normalized spacial score (nSPS) is 11.5. The Bertz CT molecular complexity index is 751. The fourth-order valence-electron chi connectivity index (χ4n) is 3.53. The van der Waals surface area contributed by atoms with Gasteiger partial charge in [0.15, 0.2) is 0 Å². The van der Waals surface area contributed by atoms with Crippen molar-refractivity contribution in [3.8, 4) is 0 Å². The molecule has 1 heterocycles. The molecule has 0 aliphatic heterocycles. The molecule has 0 aliphatic carbocycles. The third-order valence-electron chi connectivity index (χ3n) is 4.72. The second kappa shape index (κ2) is 7.00. The van der Waals surface area contributed by atoms with Crippen LogP contribution in [0.3, 0.4) is 0 Å². The molecule has 2 aromatic carbocycles. The molecule has 0 bridgehead atoms. The van der Waals surface area contributed by atoms with E-state index in [9.17, 15) is 0 Å². The van der Waals surface area contributed by atoms with E-state index in [1.807, 2.05) is 0 Å². The van der Waals surface area contributed by atoms with E-state index in [2.05, 4.69) is 60.9 Å². The summed E-state index contributed by atoms with van der Waals surface area (Å²) in [5, 5.41) is 2.82. The molecule has 0 aliphatic rings. The maximum Gasteiger partial charge on any atom is 0.0491 e. The third-order valence-corrected chi connectivity index (χ3v) is 4.72. The van der Waals surface area contributed by atoms with Crippen LogP contribution in [0.2, 0.25) is 0 Å². The maximum absolute atomic E-state index is 2.43. The third kappa shape index (κ3) is 2.90. The molecule has 0 atom stereocenters. The van der Waals surface area contributed by atoms with E-state index in [0.717, 1.165) is 6.54 Å². The van der Waals surface area contributed by atoms with Crippen LogP contribution < -0.4 is 0 Å². The highest BCUT2D eigenvalue weighted by atomic mass is 15.0. The van der Waals surface area contributed by atoms with Gasteiger partial charge in [0, 0.05) is 28.4 Å². The molecular formula is C21H27N. The van der Waals surface area contributed by atoms with E-state index in [0.29, 0.717) is 0 Å². The van der Waals surface area contributed by atoms with E-state index in [1.54, 1.807) is 0 Å². The largest absolute Gasteiger partial charge is 0.341 e. The van der Waals surface area contributed by atoms with Crippen molar-refractivity contribution in [2.45, 2.75) is 58.9 Å². The van der Waals surface area contributed by atoms with E-state index >= 15 is 0 Å². The topological polar surface area (TPSA) is 4.93 Å². The maximum atomic E-state index is 2.43. The molecule has 1 heteroatoms. The van der Waals surface area contributed by atoms with Crippen LogP contribution in [0.5, 0.6) is 0 Å². The van der Waals surface area contributed by atoms with Crippen LogP contribution in [0.15, 0.2) is 42.5 Å². The molecule has 0 N–H and O–H groups in total. The molecule has 0 fully saturated rings. The molecule has 0 amide bonds. The second-order valence-electron chi connectivity index (χ2n) is 6.28. The van der Waals surface area contributed by atoms with Gasteiger partial charge in [-0.05, 0) is 43.5 Å². The Balaban J connectivity index is 1.88. The summed E-state index contributed by atoms with van der Waals surface area (Å²) in [7, 11) is 0. The Labute approximate surface area is 133 Å². The quantitative estimate of drug-likeness (QED) is 0.449. The minimum atomic E-state index is 1.03. The van der Waals surface area contributed by atoms with Crippen LogP contribution >= 0.6 is 0 Å². The zero-order valence-electron chi connectivity index (χ0n) is 13.9. The van der Waals surface area contributed by atoms with Gasteiger partial charge in [-0.3, -0.25) is 0 Å². The fourth-order valence-corrected chi connectivity index (χ4v) is 3.53. The van der Waals surface area contributed by atoms with Gasteiger partial charge < -0.3 is 4.57 Å². The van der Waals surface area contributed by atoms with Gasteiger partial charge in [-0.15, -0.1) is 0 Å². The van der Waals surface area contributed by atoms with Gasteiger partial charge in [-0.25, -0.2) is 0 Å². The lowest BCUT2D eigenvalue weighted by Gasteiger charge is -2.05. The fraction of sp³-hybridized carbons (Fsp3) is 0.429. The lowest BCUT2D eigenvalue weighted by Crippen LogP contribution is -1.93. The van der Waals surface area contributed by atoms with Gasteiger partial charge >= 0.3 is 0 Å². The standard InChI is InChI=1S/C21H27N/c1-3-5-6-7-8-11-17-14-15-21-19(16-17)18-12-9-10-13-20(18)22(21)4-2/h9-10,12-16H,3-8,11H2,1-2H3. The number of unbranched alkanes of at least 4 members (excludes halogenated alkanes) is 4. The monoisotopic (exact) mass is 293 g/mol. The van der Waals surface area contributed by atoms with Gasteiger partial charge in [0.1, 0.15) is 0 Å². The highest BCUT2D eigenvalue weighted by molar-refractivity contribution is 6.08. The first-order chi connectivity index (χ1) is 10.8. The summed E-state index contributed by atoms with van der Waals surface area (Å²) >= 11 is 0. The van der Waals surface area contributed by atoms with Crippen LogP contribution in [-0.2, 0) is 13.0 Å². The Morgan fingerprint density at radius 3 is 2.36 bits per heavy atom. The minimum Gasteiger partial charge on any atom is -0.341 e. The molecule has 0 saturated heterocycles. The van der Waals surface area contributed by atoms with Gasteiger partial charge in [0.05, 0.1) is 0 Å². The number of benzene rings is 2. The van der Waals surface area contributed by atoms with Crippen LogP contribution in [0.4, 0.5) is 0 Å². The van der Waals surface area contributed by atoms with Crippen molar-refractivity contribution in [2.75, 3.05) is 0 Å². The summed E-state index contributed by atoms with van der Waals surface area (Å²) in [5.41, 5.74) is 4.22. The lowest BCUT2D eigenvalue weighted by molar-refractivity contribution is 0.632. The lowest BCUT2D eigenvalue weighted by atomic mass is 10.0. The number of para-hydroxylation sites is 1. The molecule has 3 aromatic rings. The molecule has 0 unspecified atom stereocenters. The highest BCUT2D eigenvalue weighted by Gasteiger charge is 2.09. The molecule has 1 nitrogen and oxygen atoms in total. The number of nitrogens with zero attached hydrogens (tertiary/aromatic N) is 1. The summed E-state index contributed by atoms with van der Waals surface area (Å²) in [6, 6.07) is 15.9. The summed E-state index contributed by atoms with van der Waals surface area (Å²) in [5.74, 6) is 0. The highest BCUT2D eigenvalue weighted by Crippen LogP contribution is 2.30. The van der Waals surface area contributed by atoms with E-state index in [4.69, 9.17) is 0 Å². The number of hydrogen-bond donors (Lipinski definition) is 0. The smallest absolute Gasteiger partial charge is 0.0491 e. The van der Waals surface area contributed by atoms with Crippen molar-refractivity contribution in [3.63, 3.8) is 0 Å². The molecule has 3 rings (SSSR count). The molecular weight excluding hydrogens is 266 g/mol. The Morgan fingerprint density at radius 2 is 1.55 bits per heavy atom. The van der Waals surface area contributed by atoms with Crippen LogP contribution in [0.25, 0.3) is 21.8 Å². The van der Waals surface area contributed by atoms with Gasteiger partial charge in [-0.1, -0.05) is 56.9 Å². The Kier molecular flexibility index (Phi) is 4.82. The minimum absolute atomic E-state index is 1.03. The molecule has 0 radical (unpaired) electrons. The van der Waals surface area contributed by atoms with Crippen LogP contribution in [0, 0.1) is 0 Å². The summed E-state index contributed by atoms with van der Waals surface area (Å²) in [6.07, 6.45) is 7.98. The first-order valence-corrected chi connectivity index (χ1v) is 8.85. The van der Waals surface area contributed by atoms with Crippen LogP contribution in [0.1, 0.15) is 51.5 Å². The van der Waals surface area contributed by atoms with Crippen molar-refractivity contribution < 1.29 is 0 Å². The molecule has 1 aromatic heterocycles. The second-order valence-corrected chi connectivity index (χ2v) is 6.28. The van der Waals surface area contributed by atoms with Crippen molar-refractivity contribution >= 4 is 21.8 Å². The van der Waals surface area contributed by atoms with E-state index in [1.165, 1.54) is 65.9 Å². The first-order valence-electron chi connectivity index (χ1n) is 8.85. The van der Waals surface area contributed by atoms with Gasteiger partial charge in [0.2, 0.25) is 0 Å². The number of rotatable bonds is 7. The SMILES string of the molecule is CCCCCCCc1ccc2c(c1)c1ccccc1n2CC. The van der Waals surface area contributed by atoms with Gasteiger partial charge in [-0.2, -0.15) is 0 Å². The molecule has 0 spiro atoms. The molecule has 22 heavy (non-hydrogen) atoms. The first kappa shape index (κ1) is 15.1. The van der Waals surface area contributed by atoms with Crippen LogP contribution in [-0.4, -0.2) is 4.57 Å². The number of fused-ring (bicyclic) bond motifs is 3. The average Bonchev–Trinajstić information content (AvgIpc) is 2.88. The zero-order chi connectivity index (χ0) is 15.4. The predicted octanol–water partition coefficient (Wildman–Crippen LogP) is 6.33. The summed E-state index contributed by atoms with van der Waals surface area (Å²) < 4.78 is 2.43. The number of aryl methyl sites for hydroxylation is 2. The van der Waals surface area contributed by atoms with E-state index in [-0.39, 0.29) is 0 Å². The van der Waals surface area contributed by atoms with Crippen molar-refractivity contribution in [1.82, 2.24) is 4.57 Å². The zero-order valence-corrected chi connectivity index (χ0v) is 13.9. The summed E-state index contributed by atoms with van der Waals surface area (Å²) in [4.78, 5) is 0. The molecule has 116 valence electrons. The Hall–Kier alpha value is -1.76. The number of hydrogen-bond acceptors (Lipinski definition) is 0. The average molecular weight is 293 g/mol. The van der Waals surface area contributed by atoms with Crippen molar-refractivity contribution in [2.24, 2.45) is 0 Å². The van der Waals surface area contributed by atoms with Gasteiger partial charge in [0.25, 0.3) is 0 Å². The predicted molar refractivity (Wildman–Crippen MR) is 97.6 cm³/mol. The summed E-state index contributed by atoms with van der Waals surface area (Å²) in [6.45, 7) is 5.53.